The smallest absolute Gasteiger partial charge is 0.418 e. The summed E-state index contributed by atoms with van der Waals surface area (Å²) >= 11 is 0. The van der Waals surface area contributed by atoms with Crippen molar-refractivity contribution in [3.05, 3.63) is 54.0 Å². The number of amidine groups is 1. The van der Waals surface area contributed by atoms with Crippen LogP contribution in [0.4, 0.5) is 14.9 Å². The van der Waals surface area contributed by atoms with Crippen LogP contribution in [0.3, 0.4) is 0 Å². The number of amides is 1. The number of pyridine rings is 1. The lowest BCUT2D eigenvalue weighted by Gasteiger charge is -2.33. The molecule has 8 heteroatoms. The minimum absolute atomic E-state index is 0.0328. The van der Waals surface area contributed by atoms with Gasteiger partial charge in [0.05, 0.1) is 12.1 Å². The van der Waals surface area contributed by atoms with Gasteiger partial charge in [0.1, 0.15) is 5.82 Å². The molecule has 1 amide bonds. The van der Waals surface area contributed by atoms with E-state index >= 15 is 0 Å². The number of aliphatic imine (C=N–C) groups is 1. The van der Waals surface area contributed by atoms with E-state index in [0.29, 0.717) is 30.7 Å². The van der Waals surface area contributed by atoms with Crippen LogP contribution in [0.25, 0.3) is 0 Å². The molecule has 3 rings (SSSR count). The second kappa shape index (κ2) is 7.38. The highest BCUT2D eigenvalue weighted by molar-refractivity contribution is 5.86. The number of carbonyl (C=O) groups excluding carboxylic acids is 1. The first kappa shape index (κ1) is 17.7. The number of rotatable bonds is 4. The maximum Gasteiger partial charge on any atom is 0.418 e. The van der Waals surface area contributed by atoms with Crippen LogP contribution in [-0.4, -0.2) is 23.7 Å². The van der Waals surface area contributed by atoms with Crippen LogP contribution in [0.2, 0.25) is 0 Å². The van der Waals surface area contributed by atoms with Gasteiger partial charge in [0, 0.05) is 29.9 Å². The van der Waals surface area contributed by atoms with Crippen molar-refractivity contribution in [2.75, 3.05) is 11.9 Å². The van der Waals surface area contributed by atoms with E-state index in [0.717, 1.165) is 0 Å². The van der Waals surface area contributed by atoms with Gasteiger partial charge in [-0.05, 0) is 30.7 Å². The third-order valence-electron chi connectivity index (χ3n) is 4.22. The molecule has 0 saturated heterocycles. The fourth-order valence-electron chi connectivity index (χ4n) is 2.87. The lowest BCUT2D eigenvalue weighted by atomic mass is 9.84. The lowest BCUT2D eigenvalue weighted by Crippen LogP contribution is -2.36. The fraction of sp³-hybridized carbons (Fsp3) is 0.278. The van der Waals surface area contributed by atoms with Crippen LogP contribution in [-0.2, 0) is 10.3 Å². The second-order valence-corrected chi connectivity index (χ2v) is 5.81. The Balaban J connectivity index is 1.83. The van der Waals surface area contributed by atoms with Crippen LogP contribution in [0.15, 0.2) is 47.6 Å². The number of hydrogen-bond donors (Lipinski definition) is 2. The van der Waals surface area contributed by atoms with Crippen LogP contribution >= 0.6 is 0 Å². The molecule has 1 aromatic carbocycles. The van der Waals surface area contributed by atoms with Crippen molar-refractivity contribution >= 4 is 17.8 Å². The largest absolute Gasteiger partial charge is 0.465 e. The second-order valence-electron chi connectivity index (χ2n) is 5.81. The van der Waals surface area contributed by atoms with E-state index in [1.54, 1.807) is 24.3 Å². The predicted molar refractivity (Wildman–Crippen MR) is 94.4 cm³/mol. The molecule has 0 fully saturated rings. The number of hydrogen-bond acceptors (Lipinski definition) is 6. The Labute approximate surface area is 150 Å². The third kappa shape index (κ3) is 3.74. The highest BCUT2D eigenvalue weighted by Crippen LogP contribution is 2.38. The summed E-state index contributed by atoms with van der Waals surface area (Å²) in [6, 6.07) is 9.27. The summed E-state index contributed by atoms with van der Waals surface area (Å²) in [5.74, 6) is -0.256. The van der Waals surface area contributed by atoms with E-state index in [4.69, 9.17) is 15.2 Å². The molecule has 0 saturated carbocycles. The van der Waals surface area contributed by atoms with Crippen LogP contribution < -0.4 is 15.8 Å². The molecule has 0 radical (unpaired) electrons. The van der Waals surface area contributed by atoms with Crippen LogP contribution in [0.5, 0.6) is 5.88 Å². The summed E-state index contributed by atoms with van der Waals surface area (Å²) < 4.78 is 24.7. The molecule has 1 aliphatic rings. The van der Waals surface area contributed by atoms with Gasteiger partial charge in [-0.1, -0.05) is 13.0 Å². The van der Waals surface area contributed by atoms with Gasteiger partial charge in [-0.25, -0.2) is 19.2 Å². The van der Waals surface area contributed by atoms with Crippen LogP contribution in [0.1, 0.15) is 25.3 Å². The summed E-state index contributed by atoms with van der Waals surface area (Å²) in [4.78, 5) is 20.3. The Hall–Kier alpha value is -3.16. The number of nitrogens with zero attached hydrogens (tertiary/aromatic N) is 2. The molecule has 136 valence electrons. The van der Waals surface area contributed by atoms with Crippen molar-refractivity contribution in [3.63, 3.8) is 0 Å². The van der Waals surface area contributed by atoms with Gasteiger partial charge in [-0.15, -0.1) is 0 Å². The summed E-state index contributed by atoms with van der Waals surface area (Å²) in [5, 5.41) is 2.57. The van der Waals surface area contributed by atoms with E-state index in [-0.39, 0.29) is 11.9 Å². The molecule has 1 aromatic heterocycles. The molecular formula is C18H19FN4O3. The monoisotopic (exact) mass is 358 g/mol. The average molecular weight is 358 g/mol. The molecule has 0 aliphatic carbocycles. The van der Waals surface area contributed by atoms with Gasteiger partial charge >= 0.3 is 6.09 Å². The SMILES string of the molecule is CC[C@@]1(c2cc(NC(=O)Oc3ccccn3)ccc2F)CCOC(N)=N1. The Morgan fingerprint density at radius 2 is 2.27 bits per heavy atom. The molecule has 7 nitrogen and oxygen atoms in total. The van der Waals surface area contributed by atoms with Crippen molar-refractivity contribution < 1.29 is 18.7 Å². The molecule has 0 unspecified atom stereocenters. The highest BCUT2D eigenvalue weighted by atomic mass is 19.1. The van der Waals surface area contributed by atoms with Gasteiger partial charge in [0.15, 0.2) is 0 Å². The maximum absolute atomic E-state index is 14.5. The average Bonchev–Trinajstić information content (AvgIpc) is 2.64. The first-order chi connectivity index (χ1) is 12.5. The molecule has 2 heterocycles. The Bertz CT molecular complexity index is 828. The van der Waals surface area contributed by atoms with Crippen molar-refractivity contribution in [3.8, 4) is 5.88 Å². The summed E-state index contributed by atoms with van der Waals surface area (Å²) in [6.45, 7) is 2.25. The van der Waals surface area contributed by atoms with Crippen molar-refractivity contribution in [2.45, 2.75) is 25.3 Å². The first-order valence-electron chi connectivity index (χ1n) is 8.20. The number of halogens is 1. The Kier molecular flexibility index (Phi) is 5.01. The predicted octanol–water partition coefficient (Wildman–Crippen LogP) is 3.17. The normalized spacial score (nSPS) is 19.2. The zero-order valence-corrected chi connectivity index (χ0v) is 14.2. The number of aromatic nitrogens is 1. The lowest BCUT2D eigenvalue weighted by molar-refractivity contribution is 0.201. The van der Waals surface area contributed by atoms with Crippen molar-refractivity contribution in [1.82, 2.24) is 4.98 Å². The quantitative estimate of drug-likeness (QED) is 0.875. The minimum atomic E-state index is -0.824. The van der Waals surface area contributed by atoms with E-state index in [1.807, 2.05) is 6.92 Å². The summed E-state index contributed by atoms with van der Waals surface area (Å²) in [7, 11) is 0. The first-order valence-corrected chi connectivity index (χ1v) is 8.20. The maximum atomic E-state index is 14.5. The molecule has 26 heavy (non-hydrogen) atoms. The van der Waals surface area contributed by atoms with Gasteiger partial charge in [-0.3, -0.25) is 5.32 Å². The molecule has 1 atom stereocenters. The van der Waals surface area contributed by atoms with E-state index in [2.05, 4.69) is 15.3 Å². The molecule has 2 aromatic rings. The molecule has 1 aliphatic heterocycles. The van der Waals surface area contributed by atoms with E-state index in [1.165, 1.54) is 18.3 Å². The highest BCUT2D eigenvalue weighted by Gasteiger charge is 2.36. The topological polar surface area (TPSA) is 98.8 Å². The number of ether oxygens (including phenoxy) is 2. The molecule has 0 bridgehead atoms. The fourth-order valence-corrected chi connectivity index (χ4v) is 2.87. The standard InChI is InChI=1S/C18H19FN4O3/c1-2-18(8-10-25-16(20)23-18)13-11-12(6-7-14(13)19)22-17(24)26-15-5-3-4-9-21-15/h3-7,9,11H,2,8,10H2,1H3,(H2,20,23)(H,22,24)/t18-/m0/s1. The van der Waals surface area contributed by atoms with Gasteiger partial charge < -0.3 is 15.2 Å². The Morgan fingerprint density at radius 1 is 1.42 bits per heavy atom. The van der Waals surface area contributed by atoms with Crippen LogP contribution in [0, 0.1) is 5.82 Å². The molecule has 0 spiro atoms. The zero-order valence-electron chi connectivity index (χ0n) is 14.2. The van der Waals surface area contributed by atoms with E-state index < -0.39 is 17.4 Å². The van der Waals surface area contributed by atoms with Gasteiger partial charge in [0.25, 0.3) is 6.02 Å². The zero-order chi connectivity index (χ0) is 18.6. The molecular weight excluding hydrogens is 339 g/mol. The summed E-state index contributed by atoms with van der Waals surface area (Å²) in [6.07, 6.45) is 1.82. The number of anilines is 1. The number of benzene rings is 1. The van der Waals surface area contributed by atoms with Gasteiger partial charge in [0.2, 0.25) is 5.88 Å². The van der Waals surface area contributed by atoms with Crippen molar-refractivity contribution in [2.24, 2.45) is 10.7 Å². The number of nitrogens with two attached hydrogens (primary N) is 1. The van der Waals surface area contributed by atoms with E-state index in [9.17, 15) is 9.18 Å². The number of carbonyl (C=O) groups is 1. The Morgan fingerprint density at radius 3 is 2.96 bits per heavy atom. The van der Waals surface area contributed by atoms with Gasteiger partial charge in [-0.2, -0.15) is 0 Å². The van der Waals surface area contributed by atoms with Crippen molar-refractivity contribution in [1.29, 1.82) is 0 Å². The summed E-state index contributed by atoms with van der Waals surface area (Å²) in [5.41, 5.74) is 5.60. The number of nitrogens with one attached hydrogen (secondary N) is 1. The molecule has 3 N–H and O–H groups in total. The minimum Gasteiger partial charge on any atom is -0.465 e. The third-order valence-corrected chi connectivity index (χ3v) is 4.22.